The summed E-state index contributed by atoms with van der Waals surface area (Å²) in [5.41, 5.74) is 0. The van der Waals surface area contributed by atoms with E-state index >= 15 is 0 Å². The molecule has 0 aromatic heterocycles. The molecule has 2 heterocycles. The smallest absolute Gasteiger partial charge is 0.211 e. The fourth-order valence-electron chi connectivity index (χ4n) is 4.32. The van der Waals surface area contributed by atoms with E-state index in [2.05, 4.69) is 10.6 Å². The van der Waals surface area contributed by atoms with Gasteiger partial charge in [0.25, 0.3) is 0 Å². The summed E-state index contributed by atoms with van der Waals surface area (Å²) in [6.45, 7) is 4.02. The largest absolute Gasteiger partial charge is 0.379 e. The minimum Gasteiger partial charge on any atom is -0.379 e. The summed E-state index contributed by atoms with van der Waals surface area (Å²) in [7, 11) is -3.07. The van der Waals surface area contributed by atoms with Crippen molar-refractivity contribution in [2.24, 2.45) is 5.92 Å². The van der Waals surface area contributed by atoms with Gasteiger partial charge in [0.2, 0.25) is 10.0 Å². The average molecular weight is 368 g/mol. The lowest BCUT2D eigenvalue weighted by Crippen LogP contribution is -2.52. The van der Waals surface area contributed by atoms with E-state index in [0.717, 1.165) is 39.1 Å². The summed E-state index contributed by atoms with van der Waals surface area (Å²) in [5, 5.41) is 7.25. The molecule has 2 aliphatic heterocycles. The van der Waals surface area contributed by atoms with Gasteiger partial charge in [-0.25, -0.2) is 8.42 Å². The number of nitrogens with one attached hydrogen (secondary N) is 2. The van der Waals surface area contributed by atoms with Crippen molar-refractivity contribution in [2.75, 3.05) is 39.1 Å². The molecule has 23 heavy (non-hydrogen) atoms. The van der Waals surface area contributed by atoms with E-state index in [4.69, 9.17) is 4.74 Å². The van der Waals surface area contributed by atoms with Crippen LogP contribution in [-0.2, 0) is 14.8 Å². The molecule has 3 aliphatic rings. The second-order valence-electron chi connectivity index (χ2n) is 6.91. The third-order valence-corrected chi connectivity index (χ3v) is 6.73. The first kappa shape index (κ1) is 19.4. The van der Waals surface area contributed by atoms with Gasteiger partial charge < -0.3 is 15.4 Å². The number of morpholine rings is 1. The number of hydrogen-bond acceptors (Lipinski definition) is 5. The molecule has 1 saturated carbocycles. The summed E-state index contributed by atoms with van der Waals surface area (Å²) in [4.78, 5) is 0. The first-order chi connectivity index (χ1) is 10.6. The highest BCUT2D eigenvalue weighted by atomic mass is 35.5. The van der Waals surface area contributed by atoms with Crippen LogP contribution in [0, 0.1) is 5.92 Å². The van der Waals surface area contributed by atoms with Gasteiger partial charge in [0, 0.05) is 37.8 Å². The highest BCUT2D eigenvalue weighted by Gasteiger charge is 2.36. The Kier molecular flexibility index (Phi) is 7.13. The topological polar surface area (TPSA) is 70.7 Å². The van der Waals surface area contributed by atoms with Gasteiger partial charge in [0.1, 0.15) is 0 Å². The number of nitrogens with zero attached hydrogens (tertiary/aromatic N) is 1. The second-order valence-corrected chi connectivity index (χ2v) is 8.85. The van der Waals surface area contributed by atoms with Crippen LogP contribution in [-0.4, -0.2) is 70.0 Å². The highest BCUT2D eigenvalue weighted by Crippen LogP contribution is 2.30. The first-order valence-electron chi connectivity index (χ1n) is 8.57. The lowest BCUT2D eigenvalue weighted by atomic mass is 9.94. The number of ether oxygens (including phenoxy) is 1. The van der Waals surface area contributed by atoms with Crippen molar-refractivity contribution in [3.05, 3.63) is 0 Å². The van der Waals surface area contributed by atoms with Crippen molar-refractivity contribution in [3.8, 4) is 0 Å². The van der Waals surface area contributed by atoms with Crippen molar-refractivity contribution in [1.82, 2.24) is 14.9 Å². The molecule has 3 rings (SSSR count). The summed E-state index contributed by atoms with van der Waals surface area (Å²) in [6, 6.07) is 1.07. The van der Waals surface area contributed by atoms with Crippen LogP contribution < -0.4 is 10.6 Å². The molecule has 0 radical (unpaired) electrons. The maximum absolute atomic E-state index is 11.8. The van der Waals surface area contributed by atoms with Gasteiger partial charge in [0.05, 0.1) is 19.5 Å². The SMILES string of the molecule is CS(=O)(=O)N1CCC[C@@H]1CNC1CCCC1C1COCCN1.Cl. The van der Waals surface area contributed by atoms with Gasteiger partial charge in [-0.3, -0.25) is 0 Å². The number of sulfonamides is 1. The number of halogens is 1. The molecule has 0 aromatic carbocycles. The minimum atomic E-state index is -3.07. The fourth-order valence-corrected chi connectivity index (χ4v) is 5.50. The Hall–Kier alpha value is 0.0800. The summed E-state index contributed by atoms with van der Waals surface area (Å²) in [5.74, 6) is 0.605. The van der Waals surface area contributed by atoms with Crippen LogP contribution in [0.5, 0.6) is 0 Å². The van der Waals surface area contributed by atoms with Gasteiger partial charge in [-0.05, 0) is 31.6 Å². The van der Waals surface area contributed by atoms with Crippen LogP contribution in [0.3, 0.4) is 0 Å². The molecular weight excluding hydrogens is 338 g/mol. The summed E-state index contributed by atoms with van der Waals surface area (Å²) < 4.78 is 30.9. The van der Waals surface area contributed by atoms with Gasteiger partial charge in [-0.2, -0.15) is 4.31 Å². The quantitative estimate of drug-likeness (QED) is 0.743. The molecule has 3 fully saturated rings. The predicted octanol–water partition coefficient (Wildman–Crippen LogP) is 0.579. The van der Waals surface area contributed by atoms with Crippen molar-refractivity contribution in [2.45, 2.75) is 50.2 Å². The van der Waals surface area contributed by atoms with Crippen LogP contribution in [0.2, 0.25) is 0 Å². The molecule has 2 saturated heterocycles. The molecular formula is C15H30ClN3O3S. The van der Waals surface area contributed by atoms with E-state index in [0.29, 0.717) is 24.5 Å². The van der Waals surface area contributed by atoms with Gasteiger partial charge >= 0.3 is 0 Å². The number of hydrogen-bond donors (Lipinski definition) is 2. The molecule has 6 nitrogen and oxygen atoms in total. The average Bonchev–Trinajstić information content (AvgIpc) is 3.14. The highest BCUT2D eigenvalue weighted by molar-refractivity contribution is 7.88. The third-order valence-electron chi connectivity index (χ3n) is 5.40. The minimum absolute atomic E-state index is 0. The molecule has 3 unspecified atom stereocenters. The Bertz CT molecular complexity index is 471. The fraction of sp³-hybridized carbons (Fsp3) is 1.00. The Morgan fingerprint density at radius 1 is 1.26 bits per heavy atom. The molecule has 0 bridgehead atoms. The Morgan fingerprint density at radius 2 is 2.09 bits per heavy atom. The van der Waals surface area contributed by atoms with Crippen molar-refractivity contribution < 1.29 is 13.2 Å². The van der Waals surface area contributed by atoms with E-state index < -0.39 is 10.0 Å². The molecule has 136 valence electrons. The first-order valence-corrected chi connectivity index (χ1v) is 10.4. The van der Waals surface area contributed by atoms with Crippen LogP contribution in [0.4, 0.5) is 0 Å². The Balaban J connectivity index is 0.00000192. The molecule has 0 aromatic rings. The Labute approximate surface area is 146 Å². The number of rotatable bonds is 5. The van der Waals surface area contributed by atoms with E-state index in [1.165, 1.54) is 25.5 Å². The van der Waals surface area contributed by atoms with Crippen LogP contribution >= 0.6 is 12.4 Å². The van der Waals surface area contributed by atoms with E-state index in [1.54, 1.807) is 4.31 Å². The van der Waals surface area contributed by atoms with E-state index in [9.17, 15) is 8.42 Å². The van der Waals surface area contributed by atoms with Crippen molar-refractivity contribution in [1.29, 1.82) is 0 Å². The zero-order valence-corrected chi connectivity index (χ0v) is 15.5. The molecule has 4 atom stereocenters. The summed E-state index contributed by atoms with van der Waals surface area (Å²) in [6.07, 6.45) is 6.95. The predicted molar refractivity (Wildman–Crippen MR) is 93.6 cm³/mol. The lowest BCUT2D eigenvalue weighted by molar-refractivity contribution is 0.0523. The second kappa shape index (κ2) is 8.45. The van der Waals surface area contributed by atoms with Crippen LogP contribution in [0.25, 0.3) is 0 Å². The van der Waals surface area contributed by atoms with Gasteiger partial charge in [-0.15, -0.1) is 12.4 Å². The van der Waals surface area contributed by atoms with Crippen LogP contribution in [0.15, 0.2) is 0 Å². The zero-order chi connectivity index (χ0) is 15.6. The maximum Gasteiger partial charge on any atom is 0.211 e. The van der Waals surface area contributed by atoms with Crippen LogP contribution in [0.1, 0.15) is 32.1 Å². The standard InChI is InChI=1S/C15H29N3O3S.ClH/c1-22(19,20)18-8-3-4-12(18)10-17-14-6-2-5-13(14)15-11-21-9-7-16-15;/h12-17H,2-11H2,1H3;1H/t12-,13?,14?,15?;/m1./s1. The molecule has 2 N–H and O–H groups in total. The zero-order valence-electron chi connectivity index (χ0n) is 13.9. The molecule has 0 spiro atoms. The van der Waals surface area contributed by atoms with Gasteiger partial charge in [-0.1, -0.05) is 6.42 Å². The lowest BCUT2D eigenvalue weighted by Gasteiger charge is -2.34. The molecule has 0 amide bonds. The maximum atomic E-state index is 11.8. The normalized spacial score (nSPS) is 36.0. The van der Waals surface area contributed by atoms with E-state index in [-0.39, 0.29) is 18.4 Å². The molecule has 1 aliphatic carbocycles. The monoisotopic (exact) mass is 367 g/mol. The Morgan fingerprint density at radius 3 is 2.78 bits per heavy atom. The summed E-state index contributed by atoms with van der Waals surface area (Å²) >= 11 is 0. The van der Waals surface area contributed by atoms with Gasteiger partial charge in [0.15, 0.2) is 0 Å². The van der Waals surface area contributed by atoms with Crippen molar-refractivity contribution >= 4 is 22.4 Å². The van der Waals surface area contributed by atoms with E-state index in [1.807, 2.05) is 0 Å². The van der Waals surface area contributed by atoms with Crippen molar-refractivity contribution in [3.63, 3.8) is 0 Å². The third kappa shape index (κ3) is 4.80. The molecule has 8 heteroatoms.